The lowest BCUT2D eigenvalue weighted by molar-refractivity contribution is -0.121. The van der Waals surface area contributed by atoms with Crippen LogP contribution in [0.3, 0.4) is 0 Å². The molecule has 0 saturated carbocycles. The summed E-state index contributed by atoms with van der Waals surface area (Å²) in [5.74, 6) is -0.425. The number of hydrogen-bond donors (Lipinski definition) is 3. The van der Waals surface area contributed by atoms with Crippen LogP contribution >= 0.6 is 11.3 Å². The number of carbonyl (C=O) groups is 1. The SMILES string of the molecule is CC(C)(C(=O)Nc1ccsc1)C(N)=NO. The van der Waals surface area contributed by atoms with Crippen molar-refractivity contribution in [2.75, 3.05) is 5.32 Å². The van der Waals surface area contributed by atoms with Gasteiger partial charge < -0.3 is 16.3 Å². The molecule has 5 nitrogen and oxygen atoms in total. The number of anilines is 1. The Balaban J connectivity index is 2.77. The van der Waals surface area contributed by atoms with Gasteiger partial charge in [-0.25, -0.2) is 0 Å². The summed E-state index contributed by atoms with van der Waals surface area (Å²) in [6.45, 7) is 3.17. The zero-order chi connectivity index (χ0) is 11.5. The summed E-state index contributed by atoms with van der Waals surface area (Å²) in [6.07, 6.45) is 0. The number of nitrogens with two attached hydrogens (primary N) is 1. The van der Waals surface area contributed by atoms with Gasteiger partial charge in [0.2, 0.25) is 5.91 Å². The van der Waals surface area contributed by atoms with Gasteiger partial charge in [-0.3, -0.25) is 4.79 Å². The Morgan fingerprint density at radius 2 is 2.33 bits per heavy atom. The molecule has 0 unspecified atom stereocenters. The van der Waals surface area contributed by atoms with Crippen molar-refractivity contribution < 1.29 is 10.0 Å². The average Bonchev–Trinajstić information content (AvgIpc) is 2.68. The van der Waals surface area contributed by atoms with Crippen molar-refractivity contribution in [3.8, 4) is 0 Å². The minimum absolute atomic E-state index is 0.116. The number of thiophene rings is 1. The number of nitrogens with zero attached hydrogens (tertiary/aromatic N) is 1. The topological polar surface area (TPSA) is 87.7 Å². The molecule has 0 aromatic carbocycles. The van der Waals surface area contributed by atoms with Crippen LogP contribution in [0.25, 0.3) is 0 Å². The fourth-order valence-corrected chi connectivity index (χ4v) is 1.45. The van der Waals surface area contributed by atoms with Crippen LogP contribution in [0.2, 0.25) is 0 Å². The van der Waals surface area contributed by atoms with E-state index in [4.69, 9.17) is 10.9 Å². The molecule has 0 spiro atoms. The zero-order valence-corrected chi connectivity index (χ0v) is 9.34. The molecule has 0 aliphatic heterocycles. The second-order valence-electron chi connectivity index (χ2n) is 3.58. The maximum absolute atomic E-state index is 11.8. The molecule has 0 aliphatic carbocycles. The van der Waals surface area contributed by atoms with Crippen LogP contribution in [0.5, 0.6) is 0 Å². The predicted octanol–water partition coefficient (Wildman–Crippen LogP) is 1.46. The van der Waals surface area contributed by atoms with Gasteiger partial charge in [0.25, 0.3) is 0 Å². The van der Waals surface area contributed by atoms with Crippen molar-refractivity contribution in [3.05, 3.63) is 16.8 Å². The zero-order valence-electron chi connectivity index (χ0n) is 8.52. The monoisotopic (exact) mass is 227 g/mol. The molecular formula is C9H13N3O2S. The van der Waals surface area contributed by atoms with Gasteiger partial charge in [-0.2, -0.15) is 11.3 Å². The third-order valence-electron chi connectivity index (χ3n) is 2.09. The van der Waals surface area contributed by atoms with Crippen molar-refractivity contribution in [3.63, 3.8) is 0 Å². The van der Waals surface area contributed by atoms with Crippen LogP contribution < -0.4 is 11.1 Å². The van der Waals surface area contributed by atoms with Crippen LogP contribution in [0.1, 0.15) is 13.8 Å². The summed E-state index contributed by atoms with van der Waals surface area (Å²) in [6, 6.07) is 1.78. The van der Waals surface area contributed by atoms with Crippen molar-refractivity contribution in [2.45, 2.75) is 13.8 Å². The first kappa shape index (κ1) is 11.5. The average molecular weight is 227 g/mol. The van der Waals surface area contributed by atoms with Crippen molar-refractivity contribution in [2.24, 2.45) is 16.3 Å². The molecule has 1 heterocycles. The van der Waals surface area contributed by atoms with E-state index in [1.807, 2.05) is 5.38 Å². The van der Waals surface area contributed by atoms with E-state index in [9.17, 15) is 4.79 Å². The normalized spacial score (nSPS) is 12.5. The molecule has 0 fully saturated rings. The molecular weight excluding hydrogens is 214 g/mol. The van der Waals surface area contributed by atoms with E-state index >= 15 is 0 Å². The third kappa shape index (κ3) is 2.47. The highest BCUT2D eigenvalue weighted by Crippen LogP contribution is 2.20. The van der Waals surface area contributed by atoms with Crippen molar-refractivity contribution in [1.82, 2.24) is 0 Å². The highest BCUT2D eigenvalue weighted by atomic mass is 32.1. The first-order valence-corrected chi connectivity index (χ1v) is 5.24. The number of carbonyl (C=O) groups excluding carboxylic acids is 1. The molecule has 6 heteroatoms. The molecule has 1 rings (SSSR count). The fraction of sp³-hybridized carbons (Fsp3) is 0.333. The van der Waals surface area contributed by atoms with E-state index in [2.05, 4.69) is 10.5 Å². The second kappa shape index (κ2) is 4.31. The first-order chi connectivity index (χ1) is 6.98. The van der Waals surface area contributed by atoms with Crippen LogP contribution in [0.4, 0.5) is 5.69 Å². The molecule has 1 aromatic rings. The van der Waals surface area contributed by atoms with Crippen molar-refractivity contribution >= 4 is 28.8 Å². The van der Waals surface area contributed by atoms with Crippen LogP contribution in [-0.4, -0.2) is 17.0 Å². The maximum Gasteiger partial charge on any atom is 0.237 e. The Labute approximate surface area is 91.6 Å². The molecule has 0 bridgehead atoms. The summed E-state index contributed by atoms with van der Waals surface area (Å²) in [7, 11) is 0. The maximum atomic E-state index is 11.8. The summed E-state index contributed by atoms with van der Waals surface area (Å²) < 4.78 is 0. The summed E-state index contributed by atoms with van der Waals surface area (Å²) in [4.78, 5) is 11.8. The third-order valence-corrected chi connectivity index (χ3v) is 2.78. The lowest BCUT2D eigenvalue weighted by Crippen LogP contribution is -2.42. The smallest absolute Gasteiger partial charge is 0.237 e. The van der Waals surface area contributed by atoms with Gasteiger partial charge in [-0.05, 0) is 25.3 Å². The number of amides is 1. The fourth-order valence-electron chi connectivity index (χ4n) is 0.864. The Hall–Kier alpha value is -1.56. The van der Waals surface area contributed by atoms with E-state index in [-0.39, 0.29) is 11.7 Å². The van der Waals surface area contributed by atoms with Gasteiger partial charge >= 0.3 is 0 Å². The molecule has 82 valence electrons. The highest BCUT2D eigenvalue weighted by Gasteiger charge is 2.32. The van der Waals surface area contributed by atoms with E-state index in [1.54, 1.807) is 25.3 Å². The van der Waals surface area contributed by atoms with Gasteiger partial charge in [0, 0.05) is 5.38 Å². The lowest BCUT2D eigenvalue weighted by Gasteiger charge is -2.21. The number of rotatable bonds is 3. The van der Waals surface area contributed by atoms with Crippen molar-refractivity contribution in [1.29, 1.82) is 0 Å². The summed E-state index contributed by atoms with van der Waals surface area (Å²) in [5.41, 5.74) is 5.10. The molecule has 1 aromatic heterocycles. The molecule has 1 amide bonds. The van der Waals surface area contributed by atoms with Gasteiger partial charge in [0.1, 0.15) is 5.41 Å². The number of hydrogen-bond acceptors (Lipinski definition) is 4. The lowest BCUT2D eigenvalue weighted by atomic mass is 9.91. The summed E-state index contributed by atoms with van der Waals surface area (Å²) >= 11 is 1.48. The van der Waals surface area contributed by atoms with E-state index in [0.29, 0.717) is 5.69 Å². The standard InChI is InChI=1S/C9H13N3O2S/c1-9(2,7(10)12-14)8(13)11-6-3-4-15-5-6/h3-5,14H,1-2H3,(H2,10,12)(H,11,13). The number of nitrogens with one attached hydrogen (secondary N) is 1. The molecule has 0 aliphatic rings. The van der Waals surface area contributed by atoms with Gasteiger partial charge in [0.05, 0.1) is 5.69 Å². The van der Waals surface area contributed by atoms with Gasteiger partial charge in [-0.1, -0.05) is 5.16 Å². The predicted molar refractivity (Wildman–Crippen MR) is 60.1 cm³/mol. The Morgan fingerprint density at radius 1 is 1.67 bits per heavy atom. The van der Waals surface area contributed by atoms with Crippen LogP contribution in [0, 0.1) is 5.41 Å². The highest BCUT2D eigenvalue weighted by molar-refractivity contribution is 7.08. The van der Waals surface area contributed by atoms with E-state index < -0.39 is 5.41 Å². The largest absolute Gasteiger partial charge is 0.409 e. The summed E-state index contributed by atoms with van der Waals surface area (Å²) in [5, 5.41) is 17.7. The first-order valence-electron chi connectivity index (χ1n) is 4.30. The Bertz CT molecular complexity index is 371. The van der Waals surface area contributed by atoms with Crippen LogP contribution in [0.15, 0.2) is 22.0 Å². The van der Waals surface area contributed by atoms with Crippen LogP contribution in [-0.2, 0) is 4.79 Å². The Kier molecular flexibility index (Phi) is 3.31. The number of amidine groups is 1. The van der Waals surface area contributed by atoms with Gasteiger partial charge in [-0.15, -0.1) is 0 Å². The van der Waals surface area contributed by atoms with Gasteiger partial charge in [0.15, 0.2) is 5.84 Å². The molecule has 4 N–H and O–H groups in total. The minimum atomic E-state index is -1.03. The molecule has 15 heavy (non-hydrogen) atoms. The number of oxime groups is 1. The minimum Gasteiger partial charge on any atom is -0.409 e. The quantitative estimate of drug-likeness (QED) is 0.316. The molecule has 0 radical (unpaired) electrons. The Morgan fingerprint density at radius 3 is 2.80 bits per heavy atom. The molecule has 0 atom stereocenters. The van der Waals surface area contributed by atoms with E-state index in [0.717, 1.165) is 0 Å². The second-order valence-corrected chi connectivity index (χ2v) is 4.36. The van der Waals surface area contributed by atoms with E-state index in [1.165, 1.54) is 11.3 Å². The molecule has 0 saturated heterocycles.